The number of aromatic nitrogens is 2. The topological polar surface area (TPSA) is 95.1 Å². The van der Waals surface area contributed by atoms with Crippen LogP contribution < -0.4 is 5.56 Å². The molecule has 1 heterocycles. The van der Waals surface area contributed by atoms with Crippen molar-refractivity contribution in [2.75, 3.05) is 0 Å². The summed E-state index contributed by atoms with van der Waals surface area (Å²) >= 11 is 0. The predicted molar refractivity (Wildman–Crippen MR) is 63.3 cm³/mol. The molecule has 0 aliphatic carbocycles. The molecule has 0 N–H and O–H groups in total. The lowest BCUT2D eigenvalue weighted by Crippen LogP contribution is -2.20. The Hall–Kier alpha value is -2.57. The number of nitro groups is 1. The summed E-state index contributed by atoms with van der Waals surface area (Å²) in [4.78, 5) is 36.4. The molecule has 0 saturated carbocycles. The van der Waals surface area contributed by atoms with Gasteiger partial charge in [0.25, 0.3) is 11.2 Å². The van der Waals surface area contributed by atoms with Gasteiger partial charge in [0.05, 0.1) is 22.2 Å². The Morgan fingerprint density at radius 3 is 2.89 bits per heavy atom. The lowest BCUT2D eigenvalue weighted by Gasteiger charge is -2.03. The van der Waals surface area contributed by atoms with Crippen LogP contribution in [-0.2, 0) is 11.3 Å². The molecule has 7 nitrogen and oxygen atoms in total. The molecule has 0 bridgehead atoms. The summed E-state index contributed by atoms with van der Waals surface area (Å²) in [5.74, 6) is 0. The van der Waals surface area contributed by atoms with E-state index >= 15 is 0 Å². The van der Waals surface area contributed by atoms with E-state index in [9.17, 15) is 19.7 Å². The Labute approximate surface area is 101 Å². The van der Waals surface area contributed by atoms with Crippen molar-refractivity contribution >= 4 is 22.9 Å². The maximum Gasteiger partial charge on any atom is 0.270 e. The number of benzene rings is 1. The number of fused-ring (bicyclic) bond motifs is 1. The maximum atomic E-state index is 12.0. The van der Waals surface area contributed by atoms with Crippen LogP contribution in [-0.4, -0.2) is 20.8 Å². The van der Waals surface area contributed by atoms with Crippen LogP contribution in [0.25, 0.3) is 10.9 Å². The average Bonchev–Trinajstić information content (AvgIpc) is 2.37. The molecule has 1 aromatic heterocycles. The van der Waals surface area contributed by atoms with Crippen LogP contribution in [0, 0.1) is 10.1 Å². The zero-order valence-electron chi connectivity index (χ0n) is 9.28. The summed E-state index contributed by atoms with van der Waals surface area (Å²) in [6, 6.07) is 3.92. The third-order valence-corrected chi connectivity index (χ3v) is 2.51. The van der Waals surface area contributed by atoms with Gasteiger partial charge < -0.3 is 4.79 Å². The van der Waals surface area contributed by atoms with Gasteiger partial charge in [-0.25, -0.2) is 4.98 Å². The molecular formula is C11H9N3O4. The molecule has 92 valence electrons. The van der Waals surface area contributed by atoms with E-state index in [0.29, 0.717) is 11.8 Å². The number of hydrogen-bond acceptors (Lipinski definition) is 5. The zero-order chi connectivity index (χ0) is 13.1. The molecule has 0 unspecified atom stereocenters. The highest BCUT2D eigenvalue weighted by atomic mass is 16.6. The van der Waals surface area contributed by atoms with E-state index in [4.69, 9.17) is 0 Å². The summed E-state index contributed by atoms with van der Waals surface area (Å²) in [5.41, 5.74) is -0.145. The number of carbonyl (C=O) groups excluding carboxylic acids is 1. The third-order valence-electron chi connectivity index (χ3n) is 2.51. The number of carbonyl (C=O) groups is 1. The fourth-order valence-electron chi connectivity index (χ4n) is 1.61. The van der Waals surface area contributed by atoms with Crippen molar-refractivity contribution in [2.45, 2.75) is 13.0 Å². The molecule has 7 heteroatoms. The van der Waals surface area contributed by atoms with Crippen LogP contribution in [0.15, 0.2) is 29.3 Å². The molecule has 0 aliphatic heterocycles. The normalized spacial score (nSPS) is 10.4. The quantitative estimate of drug-likeness (QED) is 0.454. The third kappa shape index (κ3) is 2.10. The first-order valence-corrected chi connectivity index (χ1v) is 5.20. The summed E-state index contributed by atoms with van der Waals surface area (Å²) in [5, 5.41) is 10.8. The standard InChI is InChI=1S/C11H9N3O4/c15-5-1-4-13-7-12-10-3-2-8(14(17)18)6-9(10)11(13)16/h2-3,5-7H,1,4H2. The first-order chi connectivity index (χ1) is 8.63. The minimum Gasteiger partial charge on any atom is -0.303 e. The van der Waals surface area contributed by atoms with Crippen LogP contribution in [0.5, 0.6) is 0 Å². The molecular weight excluding hydrogens is 238 g/mol. The monoisotopic (exact) mass is 247 g/mol. The highest BCUT2D eigenvalue weighted by molar-refractivity contribution is 5.79. The van der Waals surface area contributed by atoms with Gasteiger partial charge in [-0.2, -0.15) is 0 Å². The Bertz CT molecular complexity index is 678. The van der Waals surface area contributed by atoms with Crippen LogP contribution in [0.1, 0.15) is 6.42 Å². The number of rotatable bonds is 4. The molecule has 0 amide bonds. The number of aryl methyl sites for hydroxylation is 1. The highest BCUT2D eigenvalue weighted by Gasteiger charge is 2.10. The van der Waals surface area contributed by atoms with E-state index in [-0.39, 0.29) is 29.6 Å². The van der Waals surface area contributed by atoms with E-state index in [1.807, 2.05) is 0 Å². The number of non-ortho nitro benzene ring substituents is 1. The first kappa shape index (κ1) is 11.9. The lowest BCUT2D eigenvalue weighted by molar-refractivity contribution is -0.384. The molecule has 0 spiro atoms. The predicted octanol–water partition coefficient (Wildman–Crippen LogP) is 0.894. The summed E-state index contributed by atoms with van der Waals surface area (Å²) < 4.78 is 1.26. The molecule has 2 aromatic rings. The van der Waals surface area contributed by atoms with Crippen LogP contribution in [0.4, 0.5) is 5.69 Å². The first-order valence-electron chi connectivity index (χ1n) is 5.20. The molecule has 2 rings (SSSR count). The van der Waals surface area contributed by atoms with Gasteiger partial charge in [-0.1, -0.05) is 0 Å². The molecule has 1 aromatic carbocycles. The number of hydrogen-bond donors (Lipinski definition) is 0. The average molecular weight is 247 g/mol. The summed E-state index contributed by atoms with van der Waals surface area (Å²) in [6.07, 6.45) is 2.23. The second kappa shape index (κ2) is 4.74. The van der Waals surface area contributed by atoms with Crippen LogP contribution >= 0.6 is 0 Å². The van der Waals surface area contributed by atoms with Crippen molar-refractivity contribution in [2.24, 2.45) is 0 Å². The Kier molecular flexibility index (Phi) is 3.13. The van der Waals surface area contributed by atoms with Gasteiger partial charge in [-0.3, -0.25) is 19.5 Å². The zero-order valence-corrected chi connectivity index (χ0v) is 9.28. The van der Waals surface area contributed by atoms with Gasteiger partial charge in [-0.15, -0.1) is 0 Å². The van der Waals surface area contributed by atoms with E-state index in [0.717, 1.165) is 0 Å². The minimum atomic E-state index is -0.568. The number of aldehydes is 1. The summed E-state index contributed by atoms with van der Waals surface area (Å²) in [7, 11) is 0. The smallest absolute Gasteiger partial charge is 0.270 e. The van der Waals surface area contributed by atoms with Crippen molar-refractivity contribution in [3.63, 3.8) is 0 Å². The fraction of sp³-hybridized carbons (Fsp3) is 0.182. The molecule has 0 aliphatic rings. The van der Waals surface area contributed by atoms with Crippen molar-refractivity contribution in [1.29, 1.82) is 0 Å². The van der Waals surface area contributed by atoms with Crippen molar-refractivity contribution < 1.29 is 9.72 Å². The van der Waals surface area contributed by atoms with E-state index in [2.05, 4.69) is 4.98 Å². The van der Waals surface area contributed by atoms with Crippen molar-refractivity contribution in [1.82, 2.24) is 9.55 Å². The van der Waals surface area contributed by atoms with Crippen LogP contribution in [0.2, 0.25) is 0 Å². The molecule has 0 fully saturated rings. The maximum absolute atomic E-state index is 12.0. The minimum absolute atomic E-state index is 0.158. The molecule has 0 radical (unpaired) electrons. The Balaban J connectivity index is 2.60. The van der Waals surface area contributed by atoms with E-state index in [1.54, 1.807) is 0 Å². The SMILES string of the molecule is O=CCCn1cnc2ccc([N+](=O)[O-])cc2c1=O. The molecule has 18 heavy (non-hydrogen) atoms. The number of nitrogens with zero attached hydrogens (tertiary/aromatic N) is 3. The largest absolute Gasteiger partial charge is 0.303 e. The highest BCUT2D eigenvalue weighted by Crippen LogP contribution is 2.16. The Morgan fingerprint density at radius 1 is 1.44 bits per heavy atom. The van der Waals surface area contributed by atoms with Gasteiger partial charge in [-0.05, 0) is 6.07 Å². The van der Waals surface area contributed by atoms with E-state index < -0.39 is 4.92 Å². The summed E-state index contributed by atoms with van der Waals surface area (Å²) in [6.45, 7) is 0.216. The van der Waals surface area contributed by atoms with E-state index in [1.165, 1.54) is 29.1 Å². The fourth-order valence-corrected chi connectivity index (χ4v) is 1.61. The van der Waals surface area contributed by atoms with Gasteiger partial charge >= 0.3 is 0 Å². The lowest BCUT2D eigenvalue weighted by atomic mass is 10.2. The van der Waals surface area contributed by atoms with Crippen molar-refractivity contribution in [3.8, 4) is 0 Å². The number of nitro benzene ring substituents is 1. The Morgan fingerprint density at radius 2 is 2.22 bits per heavy atom. The van der Waals surface area contributed by atoms with Crippen LogP contribution in [0.3, 0.4) is 0 Å². The second-order valence-electron chi connectivity index (χ2n) is 3.66. The second-order valence-corrected chi connectivity index (χ2v) is 3.66. The van der Waals surface area contributed by atoms with Gasteiger partial charge in [0, 0.05) is 25.1 Å². The molecule has 0 saturated heterocycles. The molecule has 0 atom stereocenters. The van der Waals surface area contributed by atoms with Crippen molar-refractivity contribution in [3.05, 3.63) is 45.0 Å². The van der Waals surface area contributed by atoms with Gasteiger partial charge in [0.15, 0.2) is 0 Å². The van der Waals surface area contributed by atoms with Gasteiger partial charge in [0.1, 0.15) is 6.29 Å². The van der Waals surface area contributed by atoms with Gasteiger partial charge in [0.2, 0.25) is 0 Å².